The Hall–Kier alpha value is -2.83. The molecule has 22 heavy (non-hydrogen) atoms. The summed E-state index contributed by atoms with van der Waals surface area (Å²) in [7, 11) is 4.22. The van der Waals surface area contributed by atoms with E-state index in [4.69, 9.17) is 14.2 Å². The molecule has 1 aromatic carbocycles. The van der Waals surface area contributed by atoms with E-state index in [0.29, 0.717) is 29.6 Å². The van der Waals surface area contributed by atoms with E-state index < -0.39 is 5.97 Å². The number of methoxy groups -OCH3 is 3. The van der Waals surface area contributed by atoms with E-state index in [1.54, 1.807) is 18.2 Å². The van der Waals surface area contributed by atoms with Gasteiger partial charge in [0.1, 0.15) is 29.4 Å². The summed E-state index contributed by atoms with van der Waals surface area (Å²) in [4.78, 5) is 20.0. The molecule has 0 amide bonds. The second kappa shape index (κ2) is 6.75. The number of hydrogen-bond donors (Lipinski definition) is 1. The molecule has 0 spiro atoms. The standard InChI is InChI=1S/C15H16N2O5/c1-20-10-6-9(13(12(18)7-10)15(19)22-3)4-5-11-14(21-2)17-8-16-11/h4-7,18H,8H2,1-3H3/b5-4+. The third kappa shape index (κ3) is 3.08. The molecule has 7 heteroatoms. The topological polar surface area (TPSA) is 89.7 Å². The summed E-state index contributed by atoms with van der Waals surface area (Å²) >= 11 is 0. The number of ether oxygens (including phenoxy) is 3. The van der Waals surface area contributed by atoms with Crippen molar-refractivity contribution >= 4 is 23.7 Å². The van der Waals surface area contributed by atoms with Gasteiger partial charge in [0.25, 0.3) is 0 Å². The zero-order valence-corrected chi connectivity index (χ0v) is 12.5. The summed E-state index contributed by atoms with van der Waals surface area (Å²) in [5.74, 6) is -0.0320. The fourth-order valence-electron chi connectivity index (χ4n) is 1.98. The fourth-order valence-corrected chi connectivity index (χ4v) is 1.98. The van der Waals surface area contributed by atoms with Crippen LogP contribution in [0.4, 0.5) is 0 Å². The Bertz CT molecular complexity index is 677. The number of benzene rings is 1. The quantitative estimate of drug-likeness (QED) is 0.854. The normalized spacial score (nSPS) is 13.8. The van der Waals surface area contributed by atoms with Crippen molar-refractivity contribution in [3.63, 3.8) is 0 Å². The predicted octanol–water partition coefficient (Wildman–Crippen LogP) is 1.66. The number of phenols is 1. The van der Waals surface area contributed by atoms with Crippen LogP contribution in [0.1, 0.15) is 15.9 Å². The first kappa shape index (κ1) is 15.6. The Labute approximate surface area is 127 Å². The number of carbonyl (C=O) groups is 1. The van der Waals surface area contributed by atoms with Gasteiger partial charge in [-0.3, -0.25) is 4.99 Å². The number of aliphatic imine (C=N–C) groups is 2. The minimum Gasteiger partial charge on any atom is -0.507 e. The highest BCUT2D eigenvalue weighted by Crippen LogP contribution is 2.29. The first-order valence-electron chi connectivity index (χ1n) is 6.41. The Kier molecular flexibility index (Phi) is 4.77. The molecule has 0 fully saturated rings. The van der Waals surface area contributed by atoms with E-state index in [2.05, 4.69) is 9.98 Å². The minimum absolute atomic E-state index is 0.0500. The highest BCUT2D eigenvalue weighted by atomic mass is 16.5. The largest absolute Gasteiger partial charge is 0.507 e. The van der Waals surface area contributed by atoms with Crippen LogP contribution in [0.15, 0.2) is 28.2 Å². The van der Waals surface area contributed by atoms with Gasteiger partial charge in [-0.2, -0.15) is 0 Å². The molecule has 1 N–H and O–H groups in total. The van der Waals surface area contributed by atoms with Crippen molar-refractivity contribution in [3.8, 4) is 11.5 Å². The lowest BCUT2D eigenvalue weighted by Crippen LogP contribution is -2.10. The number of carbonyl (C=O) groups excluding carboxylic acids is 1. The molecule has 1 aliphatic rings. The molecule has 116 valence electrons. The second-order valence-corrected chi connectivity index (χ2v) is 4.29. The van der Waals surface area contributed by atoms with Gasteiger partial charge in [-0.25, -0.2) is 9.79 Å². The summed E-state index contributed by atoms with van der Waals surface area (Å²) in [6, 6.07) is 2.96. The smallest absolute Gasteiger partial charge is 0.342 e. The Balaban J connectivity index is 2.42. The maximum atomic E-state index is 11.8. The zero-order chi connectivity index (χ0) is 16.1. The minimum atomic E-state index is -0.645. The van der Waals surface area contributed by atoms with Gasteiger partial charge < -0.3 is 19.3 Å². The lowest BCUT2D eigenvalue weighted by molar-refractivity contribution is 0.0597. The number of esters is 1. The van der Waals surface area contributed by atoms with Gasteiger partial charge in [0.15, 0.2) is 0 Å². The monoisotopic (exact) mass is 304 g/mol. The van der Waals surface area contributed by atoms with Gasteiger partial charge in [0.05, 0.1) is 21.3 Å². The van der Waals surface area contributed by atoms with Crippen LogP contribution in [0.5, 0.6) is 11.5 Å². The van der Waals surface area contributed by atoms with Crippen LogP contribution in [0.3, 0.4) is 0 Å². The number of nitrogens with zero attached hydrogens (tertiary/aromatic N) is 2. The van der Waals surface area contributed by atoms with Crippen molar-refractivity contribution in [1.29, 1.82) is 0 Å². The summed E-state index contributed by atoms with van der Waals surface area (Å²) < 4.78 is 14.9. The highest BCUT2D eigenvalue weighted by molar-refractivity contribution is 6.45. The lowest BCUT2D eigenvalue weighted by atomic mass is 10.0. The average Bonchev–Trinajstić information content (AvgIpc) is 2.99. The maximum Gasteiger partial charge on any atom is 0.342 e. The molecule has 7 nitrogen and oxygen atoms in total. The van der Waals surface area contributed by atoms with E-state index in [-0.39, 0.29) is 11.3 Å². The van der Waals surface area contributed by atoms with Crippen LogP contribution in [-0.2, 0) is 9.47 Å². The number of phenolic OH excluding ortho intramolecular Hbond substituents is 1. The fraction of sp³-hybridized carbons (Fsp3) is 0.267. The zero-order valence-electron chi connectivity index (χ0n) is 12.5. The van der Waals surface area contributed by atoms with Gasteiger partial charge >= 0.3 is 5.97 Å². The van der Waals surface area contributed by atoms with Crippen LogP contribution < -0.4 is 4.74 Å². The van der Waals surface area contributed by atoms with Crippen molar-refractivity contribution in [2.45, 2.75) is 0 Å². The molecular weight excluding hydrogens is 288 g/mol. The van der Waals surface area contributed by atoms with Gasteiger partial charge in [-0.05, 0) is 17.7 Å². The molecular formula is C15H16N2O5. The first-order chi connectivity index (χ1) is 10.6. The van der Waals surface area contributed by atoms with Crippen LogP contribution in [0, 0.1) is 0 Å². The molecule has 0 aromatic heterocycles. The van der Waals surface area contributed by atoms with Crippen LogP contribution in [-0.4, -0.2) is 50.7 Å². The van der Waals surface area contributed by atoms with E-state index in [1.807, 2.05) is 0 Å². The molecule has 0 radical (unpaired) electrons. The molecule has 1 aliphatic heterocycles. The van der Waals surface area contributed by atoms with Gasteiger partial charge in [0.2, 0.25) is 5.90 Å². The third-order valence-corrected chi connectivity index (χ3v) is 3.04. The summed E-state index contributed by atoms with van der Waals surface area (Å²) in [5.41, 5.74) is 1.04. The molecule has 0 saturated heterocycles. The molecule has 1 aromatic rings. The predicted molar refractivity (Wildman–Crippen MR) is 81.8 cm³/mol. The first-order valence-corrected chi connectivity index (χ1v) is 6.41. The van der Waals surface area contributed by atoms with Gasteiger partial charge in [-0.1, -0.05) is 6.08 Å². The molecule has 2 rings (SSSR count). The van der Waals surface area contributed by atoms with E-state index in [9.17, 15) is 9.90 Å². The van der Waals surface area contributed by atoms with Crippen molar-refractivity contribution in [2.24, 2.45) is 9.98 Å². The third-order valence-electron chi connectivity index (χ3n) is 3.04. The number of rotatable bonds is 4. The summed E-state index contributed by atoms with van der Waals surface area (Å²) in [6.07, 6.45) is 3.27. The molecule has 0 saturated carbocycles. The van der Waals surface area contributed by atoms with Gasteiger partial charge in [-0.15, -0.1) is 0 Å². The van der Waals surface area contributed by atoms with Crippen molar-refractivity contribution in [1.82, 2.24) is 0 Å². The SMILES string of the molecule is COC(=O)c1c(O)cc(OC)cc1/C=C/C1=NCN=C1OC. The van der Waals surface area contributed by atoms with Crippen LogP contribution in [0.2, 0.25) is 0 Å². The molecule has 0 unspecified atom stereocenters. The molecule has 0 atom stereocenters. The Morgan fingerprint density at radius 3 is 2.59 bits per heavy atom. The van der Waals surface area contributed by atoms with Crippen LogP contribution >= 0.6 is 0 Å². The van der Waals surface area contributed by atoms with E-state index in [1.165, 1.54) is 27.4 Å². The van der Waals surface area contributed by atoms with Gasteiger partial charge in [0, 0.05) is 6.07 Å². The Morgan fingerprint density at radius 2 is 1.95 bits per heavy atom. The molecule has 0 aliphatic carbocycles. The average molecular weight is 304 g/mol. The lowest BCUT2D eigenvalue weighted by Gasteiger charge is -2.09. The summed E-state index contributed by atoms with van der Waals surface area (Å²) in [5, 5.41) is 10.0. The van der Waals surface area contributed by atoms with Crippen LogP contribution in [0.25, 0.3) is 6.08 Å². The van der Waals surface area contributed by atoms with Crippen molar-refractivity contribution < 1.29 is 24.1 Å². The molecule has 1 heterocycles. The van der Waals surface area contributed by atoms with E-state index >= 15 is 0 Å². The van der Waals surface area contributed by atoms with E-state index in [0.717, 1.165) is 0 Å². The summed E-state index contributed by atoms with van der Waals surface area (Å²) in [6.45, 7) is 0.302. The highest BCUT2D eigenvalue weighted by Gasteiger charge is 2.18. The molecule has 0 bridgehead atoms. The Morgan fingerprint density at radius 1 is 1.18 bits per heavy atom. The number of hydrogen-bond acceptors (Lipinski definition) is 7. The van der Waals surface area contributed by atoms with Crippen molar-refractivity contribution in [3.05, 3.63) is 29.3 Å². The van der Waals surface area contributed by atoms with Crippen molar-refractivity contribution in [2.75, 3.05) is 28.0 Å². The number of aromatic hydroxyl groups is 1. The second-order valence-electron chi connectivity index (χ2n) is 4.29. The maximum absolute atomic E-state index is 11.8.